The molecule has 0 unspecified atom stereocenters. The van der Waals surface area contributed by atoms with Crippen LogP contribution in [0.25, 0.3) is 0 Å². The zero-order valence-electron chi connectivity index (χ0n) is 8.43. The van der Waals surface area contributed by atoms with E-state index < -0.39 is 0 Å². The summed E-state index contributed by atoms with van der Waals surface area (Å²) in [4.78, 5) is 12.7. The van der Waals surface area contributed by atoms with Crippen LogP contribution in [-0.2, 0) is 18.3 Å². The van der Waals surface area contributed by atoms with Gasteiger partial charge in [0.1, 0.15) is 5.78 Å². The topological polar surface area (TPSA) is 60.7 Å². The number of aryl methyl sites for hydroxylation is 1. The van der Waals surface area contributed by atoms with Crippen LogP contribution in [0.4, 0.5) is 0 Å². The molecule has 1 aromatic rings. The number of hydrogen-bond acceptors (Lipinski definition) is 5. The van der Waals surface area contributed by atoms with Gasteiger partial charge in [-0.2, -0.15) is 16.6 Å². The number of rotatable bonds is 6. The van der Waals surface area contributed by atoms with Crippen LogP contribution in [0.1, 0.15) is 19.2 Å². The Morgan fingerprint density at radius 1 is 1.57 bits per heavy atom. The largest absolute Gasteiger partial charge is 0.298 e. The van der Waals surface area contributed by atoms with Gasteiger partial charge in [-0.15, -0.1) is 10.2 Å². The third-order valence-corrected chi connectivity index (χ3v) is 2.74. The highest BCUT2D eigenvalue weighted by atomic mass is 32.2. The number of Topliss-reactive ketones (excluding diaryl/α,β-unsaturated/α-hetero) is 1. The Bertz CT molecular complexity index is 299. The van der Waals surface area contributed by atoms with Crippen LogP contribution in [0.15, 0.2) is 0 Å². The average molecular weight is 214 g/mol. The zero-order valence-corrected chi connectivity index (χ0v) is 9.25. The Morgan fingerprint density at radius 2 is 2.36 bits per heavy atom. The second kappa shape index (κ2) is 5.74. The van der Waals surface area contributed by atoms with Crippen molar-refractivity contribution in [2.45, 2.75) is 19.8 Å². The second-order valence-corrected chi connectivity index (χ2v) is 4.07. The van der Waals surface area contributed by atoms with E-state index in [1.807, 2.05) is 0 Å². The molecule has 1 heterocycles. The number of thioether (sulfide) groups is 1. The summed E-state index contributed by atoms with van der Waals surface area (Å²) in [6.07, 6.45) is 1.39. The number of tetrazole rings is 1. The summed E-state index contributed by atoms with van der Waals surface area (Å²) < 4.78 is 0. The van der Waals surface area contributed by atoms with Crippen molar-refractivity contribution >= 4 is 17.5 Å². The molecule has 0 saturated heterocycles. The van der Waals surface area contributed by atoms with E-state index in [0.717, 1.165) is 12.2 Å². The van der Waals surface area contributed by atoms with E-state index in [-0.39, 0.29) is 5.78 Å². The molecule has 0 saturated carbocycles. The van der Waals surface area contributed by atoms with Crippen LogP contribution in [0.5, 0.6) is 0 Å². The molecule has 14 heavy (non-hydrogen) atoms. The molecule has 0 spiro atoms. The van der Waals surface area contributed by atoms with Crippen molar-refractivity contribution in [2.75, 3.05) is 11.5 Å². The lowest BCUT2D eigenvalue weighted by atomic mass is 10.3. The second-order valence-electron chi connectivity index (χ2n) is 2.96. The molecular weight excluding hydrogens is 200 g/mol. The van der Waals surface area contributed by atoms with Gasteiger partial charge < -0.3 is 0 Å². The summed E-state index contributed by atoms with van der Waals surface area (Å²) in [5.41, 5.74) is 0. The number of ketones is 1. The van der Waals surface area contributed by atoms with E-state index in [1.165, 1.54) is 4.80 Å². The molecule has 6 heteroatoms. The molecule has 0 aromatic carbocycles. The smallest absolute Gasteiger partial charge is 0.182 e. The minimum absolute atomic E-state index is 0.163. The average Bonchev–Trinajstić information content (AvgIpc) is 2.52. The van der Waals surface area contributed by atoms with Gasteiger partial charge in [-0.3, -0.25) is 4.79 Å². The van der Waals surface area contributed by atoms with Crippen molar-refractivity contribution in [1.29, 1.82) is 0 Å². The van der Waals surface area contributed by atoms with Gasteiger partial charge >= 0.3 is 0 Å². The summed E-state index contributed by atoms with van der Waals surface area (Å²) in [5, 5.41) is 11.4. The summed E-state index contributed by atoms with van der Waals surface area (Å²) in [6, 6.07) is 0. The minimum atomic E-state index is 0.163. The van der Waals surface area contributed by atoms with Gasteiger partial charge in [-0.05, 0) is 17.4 Å². The van der Waals surface area contributed by atoms with Crippen LogP contribution in [-0.4, -0.2) is 37.5 Å². The van der Waals surface area contributed by atoms with Crippen molar-refractivity contribution in [1.82, 2.24) is 20.2 Å². The third kappa shape index (κ3) is 3.87. The first-order valence-electron chi connectivity index (χ1n) is 4.54. The molecule has 0 aliphatic carbocycles. The summed E-state index contributed by atoms with van der Waals surface area (Å²) in [7, 11) is 1.69. The van der Waals surface area contributed by atoms with E-state index in [2.05, 4.69) is 22.3 Å². The summed E-state index contributed by atoms with van der Waals surface area (Å²) in [5.74, 6) is 2.25. The first-order valence-corrected chi connectivity index (χ1v) is 5.70. The predicted octanol–water partition coefficient (Wildman–Crippen LogP) is 0.465. The zero-order chi connectivity index (χ0) is 10.4. The standard InChI is InChI=1S/C8H14N4OS/c1-3-4-14-6-7(13)5-8-9-11-12(2)10-8/h3-6H2,1-2H3. The molecule has 78 valence electrons. The Morgan fingerprint density at radius 3 is 2.93 bits per heavy atom. The van der Waals surface area contributed by atoms with E-state index in [0.29, 0.717) is 18.0 Å². The lowest BCUT2D eigenvalue weighted by molar-refractivity contribution is -0.116. The molecule has 0 radical (unpaired) electrons. The van der Waals surface area contributed by atoms with Crippen molar-refractivity contribution in [3.8, 4) is 0 Å². The SMILES string of the molecule is CCCSCC(=O)Cc1nnn(C)n1. The maximum atomic E-state index is 11.4. The van der Waals surface area contributed by atoms with E-state index in [1.54, 1.807) is 18.8 Å². The molecule has 0 aliphatic heterocycles. The maximum Gasteiger partial charge on any atom is 0.182 e. The molecule has 1 rings (SSSR count). The van der Waals surface area contributed by atoms with E-state index >= 15 is 0 Å². The summed E-state index contributed by atoms with van der Waals surface area (Å²) >= 11 is 1.66. The molecule has 5 nitrogen and oxygen atoms in total. The summed E-state index contributed by atoms with van der Waals surface area (Å²) in [6.45, 7) is 2.10. The first-order chi connectivity index (χ1) is 6.72. The van der Waals surface area contributed by atoms with E-state index in [4.69, 9.17) is 0 Å². The molecule has 0 amide bonds. The Balaban J connectivity index is 2.27. The van der Waals surface area contributed by atoms with Crippen LogP contribution in [0, 0.1) is 0 Å². The number of carbonyl (C=O) groups is 1. The van der Waals surface area contributed by atoms with Crippen molar-refractivity contribution < 1.29 is 4.79 Å². The monoisotopic (exact) mass is 214 g/mol. The van der Waals surface area contributed by atoms with Gasteiger partial charge in [0.05, 0.1) is 19.2 Å². The van der Waals surface area contributed by atoms with Crippen LogP contribution >= 0.6 is 11.8 Å². The maximum absolute atomic E-state index is 11.4. The van der Waals surface area contributed by atoms with Gasteiger partial charge in [0.25, 0.3) is 0 Å². The molecule has 0 fully saturated rings. The van der Waals surface area contributed by atoms with Gasteiger partial charge in [0.15, 0.2) is 5.82 Å². The fraction of sp³-hybridized carbons (Fsp3) is 0.750. The number of nitrogens with zero attached hydrogens (tertiary/aromatic N) is 4. The highest BCUT2D eigenvalue weighted by Gasteiger charge is 2.07. The Hall–Kier alpha value is -0.910. The van der Waals surface area contributed by atoms with Gasteiger partial charge in [0, 0.05) is 0 Å². The molecule has 0 atom stereocenters. The molecule has 0 aliphatic rings. The lowest BCUT2D eigenvalue weighted by Crippen LogP contribution is -2.07. The fourth-order valence-corrected chi connectivity index (χ4v) is 1.71. The van der Waals surface area contributed by atoms with Gasteiger partial charge in [-0.1, -0.05) is 6.92 Å². The molecular formula is C8H14N4OS. The number of carbonyl (C=O) groups excluding carboxylic acids is 1. The lowest BCUT2D eigenvalue weighted by Gasteiger charge is -1.96. The first kappa shape index (κ1) is 11.2. The highest BCUT2D eigenvalue weighted by molar-refractivity contribution is 7.99. The van der Waals surface area contributed by atoms with Gasteiger partial charge in [0.2, 0.25) is 0 Å². The number of aromatic nitrogens is 4. The molecule has 0 bridgehead atoms. The van der Waals surface area contributed by atoms with Gasteiger partial charge in [-0.25, -0.2) is 0 Å². The molecule has 0 N–H and O–H groups in total. The normalized spacial score (nSPS) is 10.4. The minimum Gasteiger partial charge on any atom is -0.298 e. The quantitative estimate of drug-likeness (QED) is 0.644. The van der Waals surface area contributed by atoms with Crippen molar-refractivity contribution in [3.63, 3.8) is 0 Å². The third-order valence-electron chi connectivity index (χ3n) is 1.52. The predicted molar refractivity (Wildman–Crippen MR) is 55.1 cm³/mol. The van der Waals surface area contributed by atoms with Crippen molar-refractivity contribution in [2.24, 2.45) is 7.05 Å². The Kier molecular flexibility index (Phi) is 4.58. The van der Waals surface area contributed by atoms with Crippen molar-refractivity contribution in [3.05, 3.63) is 5.82 Å². The molecule has 1 aromatic heterocycles. The van der Waals surface area contributed by atoms with E-state index in [9.17, 15) is 4.79 Å². The van der Waals surface area contributed by atoms with Crippen LogP contribution in [0.2, 0.25) is 0 Å². The van der Waals surface area contributed by atoms with Crippen LogP contribution < -0.4 is 0 Å². The number of hydrogen-bond donors (Lipinski definition) is 0. The highest BCUT2D eigenvalue weighted by Crippen LogP contribution is 2.03. The fourth-order valence-electron chi connectivity index (χ4n) is 0.952. The Labute approximate surface area is 87.3 Å². The van der Waals surface area contributed by atoms with Crippen LogP contribution in [0.3, 0.4) is 0 Å².